The fourth-order valence-electron chi connectivity index (χ4n) is 3.97. The lowest BCUT2D eigenvalue weighted by atomic mass is 10.1. The summed E-state index contributed by atoms with van der Waals surface area (Å²) in [6.07, 6.45) is 3.63. The molecule has 4 aromatic rings. The standard InChI is InChI=1S/C23H21ClFN5/c24-19-13-16(6-7-20(19)25)15-30-21-5-1-4-18(17-3-2-8-27-14-17)22(21)28-23(30)29-11-9-26-10-12-29/h1-8,13-14,26H,9-12,15H2. The minimum absolute atomic E-state index is 0.136. The molecule has 5 rings (SSSR count). The Balaban J connectivity index is 1.67. The van der Waals surface area contributed by atoms with Gasteiger partial charge < -0.3 is 14.8 Å². The second-order valence-corrected chi connectivity index (χ2v) is 7.81. The summed E-state index contributed by atoms with van der Waals surface area (Å²) >= 11 is 6.04. The molecule has 0 radical (unpaired) electrons. The van der Waals surface area contributed by atoms with Crippen LogP contribution in [0.3, 0.4) is 0 Å². The van der Waals surface area contributed by atoms with Crippen LogP contribution >= 0.6 is 11.6 Å². The number of aromatic nitrogens is 3. The van der Waals surface area contributed by atoms with E-state index < -0.39 is 5.82 Å². The number of fused-ring (bicyclic) bond motifs is 1. The summed E-state index contributed by atoms with van der Waals surface area (Å²) in [5, 5.41) is 3.53. The third-order valence-corrected chi connectivity index (χ3v) is 5.75. The van der Waals surface area contributed by atoms with Gasteiger partial charge in [-0.1, -0.05) is 35.9 Å². The predicted octanol–water partition coefficient (Wildman–Crippen LogP) is 4.35. The minimum atomic E-state index is -0.405. The van der Waals surface area contributed by atoms with Gasteiger partial charge in [0.15, 0.2) is 0 Å². The lowest BCUT2D eigenvalue weighted by Crippen LogP contribution is -2.44. The molecule has 2 aromatic heterocycles. The fraction of sp³-hybridized carbons (Fsp3) is 0.217. The number of hydrogen-bond acceptors (Lipinski definition) is 4. The first kappa shape index (κ1) is 19.0. The van der Waals surface area contributed by atoms with Crippen LogP contribution in [0.15, 0.2) is 60.9 Å². The zero-order valence-electron chi connectivity index (χ0n) is 16.4. The van der Waals surface area contributed by atoms with Crippen molar-refractivity contribution < 1.29 is 4.39 Å². The summed E-state index contributed by atoms with van der Waals surface area (Å²) in [6, 6.07) is 15.1. The zero-order chi connectivity index (χ0) is 20.5. The number of benzene rings is 2. The SMILES string of the molecule is Fc1ccc(Cn2c(N3CCNCC3)nc3c(-c4cccnc4)cccc32)cc1Cl. The lowest BCUT2D eigenvalue weighted by Gasteiger charge is -2.29. The van der Waals surface area contributed by atoms with Crippen molar-refractivity contribution in [3.63, 3.8) is 0 Å². The van der Waals surface area contributed by atoms with Crippen LogP contribution in [-0.2, 0) is 6.54 Å². The summed E-state index contributed by atoms with van der Waals surface area (Å²) in [5.41, 5.74) is 4.98. The Labute approximate surface area is 179 Å². The van der Waals surface area contributed by atoms with E-state index in [0.717, 1.165) is 59.9 Å². The molecule has 0 atom stereocenters. The van der Waals surface area contributed by atoms with E-state index in [-0.39, 0.29) is 5.02 Å². The summed E-state index contributed by atoms with van der Waals surface area (Å²) in [5.74, 6) is 0.514. The molecule has 0 saturated carbocycles. The van der Waals surface area contributed by atoms with Crippen molar-refractivity contribution in [2.24, 2.45) is 0 Å². The number of nitrogens with zero attached hydrogens (tertiary/aromatic N) is 4. The summed E-state index contributed by atoms with van der Waals surface area (Å²) in [6.45, 7) is 4.17. The monoisotopic (exact) mass is 421 g/mol. The molecule has 0 amide bonds. The van der Waals surface area contributed by atoms with E-state index in [2.05, 4.69) is 31.9 Å². The van der Waals surface area contributed by atoms with E-state index >= 15 is 0 Å². The first-order valence-corrected chi connectivity index (χ1v) is 10.4. The van der Waals surface area contributed by atoms with Crippen LogP contribution in [0.2, 0.25) is 5.02 Å². The Hall–Kier alpha value is -2.96. The number of hydrogen-bond donors (Lipinski definition) is 1. The molecule has 1 N–H and O–H groups in total. The van der Waals surface area contributed by atoms with Crippen LogP contribution in [-0.4, -0.2) is 40.7 Å². The number of rotatable bonds is 4. The van der Waals surface area contributed by atoms with Crippen molar-refractivity contribution >= 4 is 28.6 Å². The summed E-state index contributed by atoms with van der Waals surface area (Å²) < 4.78 is 15.9. The molecular weight excluding hydrogens is 401 g/mol. The van der Waals surface area contributed by atoms with Gasteiger partial charge in [-0.2, -0.15) is 0 Å². The molecular formula is C23H21ClFN5. The molecule has 3 heterocycles. The maximum Gasteiger partial charge on any atom is 0.206 e. The third-order valence-electron chi connectivity index (χ3n) is 5.46. The van der Waals surface area contributed by atoms with Crippen molar-refractivity contribution in [2.45, 2.75) is 6.54 Å². The van der Waals surface area contributed by atoms with Gasteiger partial charge in [0.05, 0.1) is 22.6 Å². The maximum atomic E-state index is 13.7. The second kappa shape index (κ2) is 8.05. The molecule has 0 bridgehead atoms. The number of imidazole rings is 1. The first-order valence-electron chi connectivity index (χ1n) is 10.00. The average Bonchev–Trinajstić information content (AvgIpc) is 3.16. The van der Waals surface area contributed by atoms with E-state index in [9.17, 15) is 4.39 Å². The van der Waals surface area contributed by atoms with Crippen LogP contribution in [0.4, 0.5) is 10.3 Å². The van der Waals surface area contributed by atoms with Gasteiger partial charge in [0.25, 0.3) is 0 Å². The van der Waals surface area contributed by atoms with Crippen molar-refractivity contribution in [1.82, 2.24) is 19.9 Å². The van der Waals surface area contributed by atoms with E-state index in [1.165, 1.54) is 6.07 Å². The molecule has 2 aromatic carbocycles. The number of halogens is 2. The zero-order valence-corrected chi connectivity index (χ0v) is 17.1. The van der Waals surface area contributed by atoms with Gasteiger partial charge in [-0.15, -0.1) is 0 Å². The molecule has 1 aliphatic heterocycles. The Morgan fingerprint density at radius 3 is 2.70 bits per heavy atom. The second-order valence-electron chi connectivity index (χ2n) is 7.40. The number of para-hydroxylation sites is 1. The average molecular weight is 422 g/mol. The summed E-state index contributed by atoms with van der Waals surface area (Å²) in [4.78, 5) is 11.6. The van der Waals surface area contributed by atoms with Crippen molar-refractivity contribution in [3.05, 3.63) is 77.3 Å². The molecule has 7 heteroatoms. The largest absolute Gasteiger partial charge is 0.340 e. The number of piperazine rings is 1. The minimum Gasteiger partial charge on any atom is -0.340 e. The van der Waals surface area contributed by atoms with Crippen LogP contribution < -0.4 is 10.2 Å². The van der Waals surface area contributed by atoms with Crippen LogP contribution in [0.25, 0.3) is 22.2 Å². The molecule has 30 heavy (non-hydrogen) atoms. The highest BCUT2D eigenvalue weighted by Gasteiger charge is 2.21. The van der Waals surface area contributed by atoms with Gasteiger partial charge in [-0.3, -0.25) is 4.98 Å². The Morgan fingerprint density at radius 1 is 1.07 bits per heavy atom. The highest BCUT2D eigenvalue weighted by molar-refractivity contribution is 6.30. The van der Waals surface area contributed by atoms with Crippen molar-refractivity contribution in [3.8, 4) is 11.1 Å². The molecule has 1 saturated heterocycles. The molecule has 1 fully saturated rings. The summed E-state index contributed by atoms with van der Waals surface area (Å²) in [7, 11) is 0. The Morgan fingerprint density at radius 2 is 1.93 bits per heavy atom. The maximum absolute atomic E-state index is 13.7. The van der Waals surface area contributed by atoms with E-state index in [1.54, 1.807) is 18.3 Å². The van der Waals surface area contributed by atoms with E-state index in [0.29, 0.717) is 6.54 Å². The predicted molar refractivity (Wildman–Crippen MR) is 119 cm³/mol. The third kappa shape index (κ3) is 3.53. The van der Waals surface area contributed by atoms with E-state index in [4.69, 9.17) is 16.6 Å². The molecule has 1 aliphatic rings. The molecule has 152 valence electrons. The highest BCUT2D eigenvalue weighted by atomic mass is 35.5. The topological polar surface area (TPSA) is 46.0 Å². The molecule has 0 aliphatic carbocycles. The normalized spacial score (nSPS) is 14.4. The van der Waals surface area contributed by atoms with Crippen molar-refractivity contribution in [1.29, 1.82) is 0 Å². The Bertz CT molecular complexity index is 1190. The fourth-order valence-corrected chi connectivity index (χ4v) is 4.18. The van der Waals surface area contributed by atoms with Crippen molar-refractivity contribution in [2.75, 3.05) is 31.1 Å². The van der Waals surface area contributed by atoms with Gasteiger partial charge in [0.2, 0.25) is 5.95 Å². The number of pyridine rings is 1. The van der Waals surface area contributed by atoms with Crippen LogP contribution in [0.1, 0.15) is 5.56 Å². The number of nitrogens with one attached hydrogen (secondary N) is 1. The van der Waals surface area contributed by atoms with E-state index in [1.807, 2.05) is 24.4 Å². The number of anilines is 1. The lowest BCUT2D eigenvalue weighted by molar-refractivity contribution is 0.571. The molecule has 5 nitrogen and oxygen atoms in total. The first-order chi connectivity index (χ1) is 14.7. The van der Waals surface area contributed by atoms with Gasteiger partial charge in [-0.25, -0.2) is 9.37 Å². The van der Waals surface area contributed by atoms with Gasteiger partial charge in [-0.05, 0) is 29.8 Å². The quantitative estimate of drug-likeness (QED) is 0.532. The molecule has 0 unspecified atom stereocenters. The van der Waals surface area contributed by atoms with Gasteiger partial charge in [0, 0.05) is 49.7 Å². The van der Waals surface area contributed by atoms with Gasteiger partial charge >= 0.3 is 0 Å². The van der Waals surface area contributed by atoms with Crippen LogP contribution in [0, 0.1) is 5.82 Å². The van der Waals surface area contributed by atoms with Crippen LogP contribution in [0.5, 0.6) is 0 Å². The highest BCUT2D eigenvalue weighted by Crippen LogP contribution is 2.32. The van der Waals surface area contributed by atoms with Gasteiger partial charge in [0.1, 0.15) is 5.82 Å². The molecule has 0 spiro atoms. The Kier molecular flexibility index (Phi) is 5.11. The smallest absolute Gasteiger partial charge is 0.206 e.